The summed E-state index contributed by atoms with van der Waals surface area (Å²) in [6, 6.07) is -0.328. The van der Waals surface area contributed by atoms with Gasteiger partial charge in [-0.3, -0.25) is 0 Å². The van der Waals surface area contributed by atoms with Crippen LogP contribution in [0, 0.1) is 5.92 Å². The van der Waals surface area contributed by atoms with Crippen LogP contribution >= 0.6 is 0 Å². The molecule has 21 heavy (non-hydrogen) atoms. The van der Waals surface area contributed by atoms with Crippen molar-refractivity contribution in [3.8, 4) is 0 Å². The Labute approximate surface area is 126 Å². The van der Waals surface area contributed by atoms with E-state index in [1.54, 1.807) is 0 Å². The van der Waals surface area contributed by atoms with E-state index in [-0.39, 0.29) is 6.03 Å². The van der Waals surface area contributed by atoms with Crippen molar-refractivity contribution in [1.29, 1.82) is 0 Å². The molecule has 2 amide bonds. The molecule has 0 aromatic heterocycles. The van der Waals surface area contributed by atoms with Crippen molar-refractivity contribution in [1.82, 2.24) is 10.6 Å². The third-order valence-electron chi connectivity index (χ3n) is 5.02. The van der Waals surface area contributed by atoms with Crippen LogP contribution in [0.5, 0.6) is 0 Å². The molecule has 5 heteroatoms. The van der Waals surface area contributed by atoms with Crippen LogP contribution in [0.2, 0.25) is 0 Å². The Kier molecular flexibility index (Phi) is 5.88. The SMILES string of the molecule is O=C(NCCCC1CCCC1)NC1(C(=O)O)CCCCC1. The first-order valence-corrected chi connectivity index (χ1v) is 8.42. The van der Waals surface area contributed by atoms with Crippen LogP contribution < -0.4 is 10.6 Å². The van der Waals surface area contributed by atoms with E-state index in [1.807, 2.05) is 0 Å². The summed E-state index contributed by atoms with van der Waals surface area (Å²) in [4.78, 5) is 23.4. The Morgan fingerprint density at radius 2 is 1.71 bits per heavy atom. The summed E-state index contributed by atoms with van der Waals surface area (Å²) in [5.74, 6) is -0.0677. The Balaban J connectivity index is 1.68. The average Bonchev–Trinajstić information content (AvgIpc) is 2.98. The van der Waals surface area contributed by atoms with Crippen molar-refractivity contribution in [3.05, 3.63) is 0 Å². The van der Waals surface area contributed by atoms with Crippen LogP contribution in [0.3, 0.4) is 0 Å². The molecule has 2 aliphatic rings. The highest BCUT2D eigenvalue weighted by Gasteiger charge is 2.40. The van der Waals surface area contributed by atoms with E-state index in [9.17, 15) is 14.7 Å². The summed E-state index contributed by atoms with van der Waals surface area (Å²) in [7, 11) is 0. The van der Waals surface area contributed by atoms with Gasteiger partial charge < -0.3 is 15.7 Å². The second-order valence-electron chi connectivity index (χ2n) is 6.62. The van der Waals surface area contributed by atoms with E-state index in [4.69, 9.17) is 0 Å². The van der Waals surface area contributed by atoms with E-state index in [2.05, 4.69) is 10.6 Å². The molecule has 0 aromatic carbocycles. The number of aliphatic carboxylic acids is 1. The lowest BCUT2D eigenvalue weighted by Crippen LogP contribution is -2.58. The highest BCUT2D eigenvalue weighted by molar-refractivity contribution is 5.86. The number of urea groups is 1. The maximum Gasteiger partial charge on any atom is 0.329 e. The number of nitrogens with one attached hydrogen (secondary N) is 2. The fourth-order valence-electron chi connectivity index (χ4n) is 3.70. The molecule has 0 spiro atoms. The van der Waals surface area contributed by atoms with Crippen LogP contribution in [-0.4, -0.2) is 29.2 Å². The predicted molar refractivity (Wildman–Crippen MR) is 81.2 cm³/mol. The molecule has 3 N–H and O–H groups in total. The van der Waals surface area contributed by atoms with Gasteiger partial charge in [-0.25, -0.2) is 9.59 Å². The van der Waals surface area contributed by atoms with E-state index < -0.39 is 11.5 Å². The highest BCUT2D eigenvalue weighted by Crippen LogP contribution is 2.29. The number of carboxylic acid groups (broad SMARTS) is 1. The van der Waals surface area contributed by atoms with E-state index >= 15 is 0 Å². The molecular weight excluding hydrogens is 268 g/mol. The number of carbonyl (C=O) groups is 2. The molecular formula is C16H28N2O3. The number of carbonyl (C=O) groups excluding carboxylic acids is 1. The van der Waals surface area contributed by atoms with E-state index in [0.717, 1.165) is 31.6 Å². The highest BCUT2D eigenvalue weighted by atomic mass is 16.4. The van der Waals surface area contributed by atoms with Gasteiger partial charge >= 0.3 is 12.0 Å². The monoisotopic (exact) mass is 296 g/mol. The lowest BCUT2D eigenvalue weighted by molar-refractivity contribution is -0.145. The Hall–Kier alpha value is -1.26. The van der Waals surface area contributed by atoms with Crippen LogP contribution in [-0.2, 0) is 4.79 Å². The van der Waals surface area contributed by atoms with E-state index in [1.165, 1.54) is 32.1 Å². The molecule has 0 aliphatic heterocycles. The van der Waals surface area contributed by atoms with Crippen molar-refractivity contribution in [2.75, 3.05) is 6.54 Å². The Bertz CT molecular complexity index is 359. The number of rotatable bonds is 6. The maximum absolute atomic E-state index is 11.9. The van der Waals surface area contributed by atoms with Crippen molar-refractivity contribution < 1.29 is 14.7 Å². The standard InChI is InChI=1S/C16H28N2O3/c19-14(20)16(10-4-1-5-11-16)18-15(21)17-12-6-9-13-7-2-3-8-13/h13H,1-12H2,(H,19,20)(H2,17,18,21). The van der Waals surface area contributed by atoms with Gasteiger partial charge in [-0.1, -0.05) is 44.9 Å². The van der Waals surface area contributed by atoms with Crippen molar-refractivity contribution >= 4 is 12.0 Å². The number of carboxylic acids is 1. The molecule has 0 heterocycles. The fraction of sp³-hybridized carbons (Fsp3) is 0.875. The molecule has 5 nitrogen and oxygen atoms in total. The molecule has 0 aromatic rings. The summed E-state index contributed by atoms with van der Waals surface area (Å²) in [6.07, 6.45) is 11.4. The molecule has 0 saturated heterocycles. The van der Waals surface area contributed by atoms with Crippen LogP contribution in [0.4, 0.5) is 4.79 Å². The first-order valence-electron chi connectivity index (χ1n) is 8.42. The maximum atomic E-state index is 11.9. The quantitative estimate of drug-likeness (QED) is 0.659. The van der Waals surface area contributed by atoms with Gasteiger partial charge in [0.15, 0.2) is 0 Å². The molecule has 120 valence electrons. The first-order chi connectivity index (χ1) is 10.1. The van der Waals surface area contributed by atoms with Crippen molar-refractivity contribution in [2.24, 2.45) is 5.92 Å². The van der Waals surface area contributed by atoms with E-state index in [0.29, 0.717) is 19.4 Å². The van der Waals surface area contributed by atoms with Gasteiger partial charge in [-0.05, 0) is 31.6 Å². The number of hydrogen-bond donors (Lipinski definition) is 3. The zero-order chi connectivity index (χ0) is 15.1. The third kappa shape index (κ3) is 4.61. The normalized spacial score (nSPS) is 21.9. The summed E-state index contributed by atoms with van der Waals surface area (Å²) < 4.78 is 0. The lowest BCUT2D eigenvalue weighted by atomic mass is 9.82. The number of hydrogen-bond acceptors (Lipinski definition) is 2. The molecule has 2 saturated carbocycles. The molecule has 2 fully saturated rings. The summed E-state index contributed by atoms with van der Waals surface area (Å²) in [5.41, 5.74) is -1.05. The minimum atomic E-state index is -1.05. The van der Waals surface area contributed by atoms with Gasteiger partial charge in [-0.15, -0.1) is 0 Å². The minimum absolute atomic E-state index is 0.328. The lowest BCUT2D eigenvalue weighted by Gasteiger charge is -2.33. The topological polar surface area (TPSA) is 78.4 Å². The molecule has 2 aliphatic carbocycles. The molecule has 0 atom stereocenters. The molecule has 0 unspecified atom stereocenters. The first kappa shape index (κ1) is 16.1. The smallest absolute Gasteiger partial charge is 0.329 e. The second-order valence-corrected chi connectivity index (χ2v) is 6.62. The predicted octanol–water partition coefficient (Wildman–Crippen LogP) is 3.04. The fourth-order valence-corrected chi connectivity index (χ4v) is 3.70. The summed E-state index contributed by atoms with van der Waals surface area (Å²) in [6.45, 7) is 0.637. The minimum Gasteiger partial charge on any atom is -0.480 e. The third-order valence-corrected chi connectivity index (χ3v) is 5.02. The summed E-state index contributed by atoms with van der Waals surface area (Å²) in [5, 5.41) is 14.9. The van der Waals surface area contributed by atoms with Crippen molar-refractivity contribution in [3.63, 3.8) is 0 Å². The van der Waals surface area contributed by atoms with Crippen molar-refractivity contribution in [2.45, 2.75) is 76.2 Å². The van der Waals surface area contributed by atoms with Gasteiger partial charge in [0.25, 0.3) is 0 Å². The average molecular weight is 296 g/mol. The van der Waals surface area contributed by atoms with Crippen LogP contribution in [0.25, 0.3) is 0 Å². The number of amides is 2. The van der Waals surface area contributed by atoms with Gasteiger partial charge in [0.1, 0.15) is 5.54 Å². The molecule has 0 radical (unpaired) electrons. The second kappa shape index (κ2) is 7.66. The largest absolute Gasteiger partial charge is 0.480 e. The summed E-state index contributed by atoms with van der Waals surface area (Å²) >= 11 is 0. The molecule has 2 rings (SSSR count). The van der Waals surface area contributed by atoms with Crippen LogP contribution in [0.1, 0.15) is 70.6 Å². The molecule has 0 bridgehead atoms. The zero-order valence-electron chi connectivity index (χ0n) is 12.8. The van der Waals surface area contributed by atoms with Gasteiger partial charge in [0, 0.05) is 6.54 Å². The van der Waals surface area contributed by atoms with Gasteiger partial charge in [-0.2, -0.15) is 0 Å². The zero-order valence-corrected chi connectivity index (χ0v) is 12.8. The van der Waals surface area contributed by atoms with Gasteiger partial charge in [0.05, 0.1) is 0 Å². The van der Waals surface area contributed by atoms with Crippen LogP contribution in [0.15, 0.2) is 0 Å². The Morgan fingerprint density at radius 1 is 1.05 bits per heavy atom. The Morgan fingerprint density at radius 3 is 2.33 bits per heavy atom. The van der Waals surface area contributed by atoms with Gasteiger partial charge in [0.2, 0.25) is 0 Å².